The minimum Gasteiger partial charge on any atom is -0.399 e. The molecular weight excluding hydrogens is 200 g/mol. The van der Waals surface area contributed by atoms with Gasteiger partial charge in [0.2, 0.25) is 0 Å². The molecule has 0 spiro atoms. The van der Waals surface area contributed by atoms with Crippen LogP contribution in [0.5, 0.6) is 0 Å². The zero-order chi connectivity index (χ0) is 11.5. The minimum atomic E-state index is 0.231. The first-order valence-electron chi connectivity index (χ1n) is 5.99. The lowest BCUT2D eigenvalue weighted by atomic mass is 10.1. The van der Waals surface area contributed by atoms with Crippen molar-refractivity contribution >= 4 is 5.69 Å². The molecule has 1 aliphatic carbocycles. The van der Waals surface area contributed by atoms with Gasteiger partial charge < -0.3 is 10.8 Å². The van der Waals surface area contributed by atoms with Crippen LogP contribution in [0.1, 0.15) is 30.5 Å². The molecule has 0 fully saturated rings. The van der Waals surface area contributed by atoms with Crippen LogP contribution in [0.4, 0.5) is 5.69 Å². The van der Waals surface area contributed by atoms with Crippen molar-refractivity contribution in [1.29, 1.82) is 0 Å². The highest BCUT2D eigenvalue weighted by Gasteiger charge is 2.26. The van der Waals surface area contributed by atoms with Gasteiger partial charge >= 0.3 is 0 Å². The second-order valence-electron chi connectivity index (χ2n) is 4.36. The summed E-state index contributed by atoms with van der Waals surface area (Å²) >= 11 is 0. The van der Waals surface area contributed by atoms with Crippen molar-refractivity contribution in [3.05, 3.63) is 29.3 Å². The number of rotatable bonds is 4. The van der Waals surface area contributed by atoms with E-state index in [2.05, 4.69) is 24.0 Å². The van der Waals surface area contributed by atoms with Gasteiger partial charge in [0.05, 0.1) is 6.61 Å². The molecule has 0 saturated heterocycles. The van der Waals surface area contributed by atoms with Crippen molar-refractivity contribution in [2.45, 2.75) is 25.8 Å². The summed E-state index contributed by atoms with van der Waals surface area (Å²) in [5, 5.41) is 9.06. The van der Waals surface area contributed by atoms with Crippen LogP contribution < -0.4 is 5.73 Å². The Kier molecular flexibility index (Phi) is 3.46. The molecule has 1 unspecified atom stereocenters. The second kappa shape index (κ2) is 4.85. The Morgan fingerprint density at radius 2 is 2.31 bits per heavy atom. The Morgan fingerprint density at radius 3 is 3.00 bits per heavy atom. The second-order valence-corrected chi connectivity index (χ2v) is 4.36. The van der Waals surface area contributed by atoms with Crippen LogP contribution in [0, 0.1) is 0 Å². The quantitative estimate of drug-likeness (QED) is 0.757. The van der Waals surface area contributed by atoms with Crippen LogP contribution >= 0.6 is 0 Å². The van der Waals surface area contributed by atoms with Crippen LogP contribution in [-0.4, -0.2) is 29.7 Å². The number of aryl methyl sites for hydroxylation is 1. The van der Waals surface area contributed by atoms with Gasteiger partial charge in [0.15, 0.2) is 0 Å². The van der Waals surface area contributed by atoms with E-state index in [9.17, 15) is 0 Å². The average Bonchev–Trinajstić information content (AvgIpc) is 2.68. The highest BCUT2D eigenvalue weighted by atomic mass is 16.3. The molecule has 0 amide bonds. The Bertz CT molecular complexity index is 365. The Morgan fingerprint density at radius 1 is 1.50 bits per heavy atom. The number of nitrogen functional groups attached to an aromatic ring is 1. The fraction of sp³-hybridized carbons (Fsp3) is 0.538. The maximum absolute atomic E-state index is 9.06. The van der Waals surface area contributed by atoms with Gasteiger partial charge in [0.25, 0.3) is 0 Å². The molecule has 88 valence electrons. The maximum Gasteiger partial charge on any atom is 0.0558 e. The van der Waals surface area contributed by atoms with Crippen molar-refractivity contribution < 1.29 is 5.11 Å². The SMILES string of the molecule is CCN(CCO)C1CCc2cc(N)ccc21. The summed E-state index contributed by atoms with van der Waals surface area (Å²) < 4.78 is 0. The van der Waals surface area contributed by atoms with Gasteiger partial charge in [-0.2, -0.15) is 0 Å². The molecule has 1 aromatic carbocycles. The smallest absolute Gasteiger partial charge is 0.0558 e. The predicted octanol–water partition coefficient (Wildman–Crippen LogP) is 1.57. The lowest BCUT2D eigenvalue weighted by Crippen LogP contribution is -2.30. The van der Waals surface area contributed by atoms with E-state index in [0.29, 0.717) is 6.04 Å². The van der Waals surface area contributed by atoms with Gasteiger partial charge in [-0.1, -0.05) is 13.0 Å². The normalized spacial score (nSPS) is 19.1. The highest BCUT2D eigenvalue weighted by Crippen LogP contribution is 2.36. The number of aliphatic hydroxyl groups is 1. The summed E-state index contributed by atoms with van der Waals surface area (Å²) in [6.45, 7) is 4.11. The maximum atomic E-state index is 9.06. The lowest BCUT2D eigenvalue weighted by molar-refractivity contribution is 0.156. The van der Waals surface area contributed by atoms with Crippen molar-refractivity contribution in [1.82, 2.24) is 4.90 Å². The summed E-state index contributed by atoms with van der Waals surface area (Å²) in [4.78, 5) is 2.34. The first-order valence-corrected chi connectivity index (χ1v) is 5.99. The van der Waals surface area contributed by atoms with E-state index in [1.54, 1.807) is 0 Å². The zero-order valence-electron chi connectivity index (χ0n) is 9.82. The third-order valence-corrected chi connectivity index (χ3v) is 3.45. The molecule has 16 heavy (non-hydrogen) atoms. The number of nitrogens with zero attached hydrogens (tertiary/aromatic N) is 1. The molecule has 0 saturated carbocycles. The molecule has 0 aromatic heterocycles. The Labute approximate surface area is 96.9 Å². The van der Waals surface area contributed by atoms with Gasteiger partial charge in [-0.3, -0.25) is 4.90 Å². The molecule has 0 heterocycles. The van der Waals surface area contributed by atoms with Crippen LogP contribution in [0.2, 0.25) is 0 Å². The molecule has 0 radical (unpaired) electrons. The van der Waals surface area contributed by atoms with Gasteiger partial charge in [-0.05, 0) is 42.6 Å². The summed E-state index contributed by atoms with van der Waals surface area (Å²) in [6, 6.07) is 6.67. The number of anilines is 1. The molecule has 0 aliphatic heterocycles. The first kappa shape index (κ1) is 11.4. The zero-order valence-corrected chi connectivity index (χ0v) is 9.82. The summed E-state index contributed by atoms with van der Waals surface area (Å²) in [5.74, 6) is 0. The third-order valence-electron chi connectivity index (χ3n) is 3.45. The first-order chi connectivity index (χ1) is 7.76. The van der Waals surface area contributed by atoms with E-state index in [1.807, 2.05) is 6.07 Å². The van der Waals surface area contributed by atoms with Gasteiger partial charge in [0.1, 0.15) is 0 Å². The summed E-state index contributed by atoms with van der Waals surface area (Å²) in [7, 11) is 0. The molecule has 1 atom stereocenters. The van der Waals surface area contributed by atoms with Crippen LogP contribution in [0.25, 0.3) is 0 Å². The van der Waals surface area contributed by atoms with Gasteiger partial charge in [-0.15, -0.1) is 0 Å². The Hall–Kier alpha value is -1.06. The average molecular weight is 220 g/mol. The number of benzene rings is 1. The lowest BCUT2D eigenvalue weighted by Gasteiger charge is -2.27. The molecule has 2 rings (SSSR count). The standard InChI is InChI=1S/C13H20N2O/c1-2-15(7-8-16)13-6-3-10-9-11(14)4-5-12(10)13/h4-5,9,13,16H,2-3,6-8,14H2,1H3. The number of nitrogens with two attached hydrogens (primary N) is 1. The van der Waals surface area contributed by atoms with E-state index in [4.69, 9.17) is 10.8 Å². The predicted molar refractivity (Wildman–Crippen MR) is 66.2 cm³/mol. The molecule has 1 aliphatic rings. The van der Waals surface area contributed by atoms with E-state index in [0.717, 1.165) is 31.6 Å². The van der Waals surface area contributed by atoms with E-state index < -0.39 is 0 Å². The number of aliphatic hydroxyl groups excluding tert-OH is 1. The fourth-order valence-electron chi connectivity index (χ4n) is 2.66. The van der Waals surface area contributed by atoms with Crippen molar-refractivity contribution in [3.63, 3.8) is 0 Å². The number of hydrogen-bond donors (Lipinski definition) is 2. The largest absolute Gasteiger partial charge is 0.399 e. The molecule has 0 bridgehead atoms. The molecule has 3 heteroatoms. The van der Waals surface area contributed by atoms with Gasteiger partial charge in [-0.25, -0.2) is 0 Å². The van der Waals surface area contributed by atoms with Crippen molar-refractivity contribution in [2.24, 2.45) is 0 Å². The van der Waals surface area contributed by atoms with Crippen LogP contribution in [0.3, 0.4) is 0 Å². The topological polar surface area (TPSA) is 49.5 Å². The Balaban J connectivity index is 2.22. The van der Waals surface area contributed by atoms with E-state index >= 15 is 0 Å². The molecule has 1 aromatic rings. The molecule has 3 N–H and O–H groups in total. The number of hydrogen-bond acceptors (Lipinski definition) is 3. The summed E-state index contributed by atoms with van der Waals surface area (Å²) in [5.41, 5.74) is 9.41. The monoisotopic (exact) mass is 220 g/mol. The third kappa shape index (κ3) is 2.06. The number of likely N-dealkylation sites (N-methyl/N-ethyl adjacent to an activating group) is 1. The van der Waals surface area contributed by atoms with Crippen LogP contribution in [0.15, 0.2) is 18.2 Å². The molecule has 3 nitrogen and oxygen atoms in total. The molecular formula is C13H20N2O. The minimum absolute atomic E-state index is 0.231. The van der Waals surface area contributed by atoms with E-state index in [-0.39, 0.29) is 6.61 Å². The highest BCUT2D eigenvalue weighted by molar-refractivity contribution is 5.47. The van der Waals surface area contributed by atoms with Crippen molar-refractivity contribution in [2.75, 3.05) is 25.4 Å². The van der Waals surface area contributed by atoms with Crippen LogP contribution in [-0.2, 0) is 6.42 Å². The van der Waals surface area contributed by atoms with Crippen molar-refractivity contribution in [3.8, 4) is 0 Å². The number of fused-ring (bicyclic) bond motifs is 1. The summed E-state index contributed by atoms with van der Waals surface area (Å²) in [6.07, 6.45) is 2.25. The van der Waals surface area contributed by atoms with Gasteiger partial charge in [0, 0.05) is 18.3 Å². The van der Waals surface area contributed by atoms with E-state index in [1.165, 1.54) is 11.1 Å². The fourth-order valence-corrected chi connectivity index (χ4v) is 2.66.